The summed E-state index contributed by atoms with van der Waals surface area (Å²) in [6, 6.07) is 3.01. The molecule has 0 aliphatic carbocycles. The molecule has 0 fully saturated rings. The van der Waals surface area contributed by atoms with Gasteiger partial charge in [-0.15, -0.1) is 0 Å². The summed E-state index contributed by atoms with van der Waals surface area (Å²) >= 11 is 0. The summed E-state index contributed by atoms with van der Waals surface area (Å²) in [7, 11) is 0. The smallest absolute Gasteiger partial charge is 0.200 e. The fraction of sp³-hybridized carbons (Fsp3) is 0.455. The Balaban J connectivity index is 3.06. The highest BCUT2D eigenvalue weighted by molar-refractivity contribution is 5.53. The average Bonchev–Trinajstić information content (AvgIpc) is 2.04. The fourth-order valence-electron chi connectivity index (χ4n) is 1.32. The molecule has 0 aromatic heterocycles. The first-order valence-corrected chi connectivity index (χ1v) is 4.54. The van der Waals surface area contributed by atoms with Gasteiger partial charge in [-0.05, 0) is 23.5 Å². The Labute approximate surface area is 83.6 Å². The van der Waals surface area contributed by atoms with Crippen molar-refractivity contribution in [3.8, 4) is 17.2 Å². The quantitative estimate of drug-likeness (QED) is 0.604. The van der Waals surface area contributed by atoms with Crippen LogP contribution in [-0.2, 0) is 6.42 Å². The Morgan fingerprint density at radius 1 is 1.00 bits per heavy atom. The van der Waals surface area contributed by atoms with Crippen LogP contribution >= 0.6 is 0 Å². The van der Waals surface area contributed by atoms with E-state index in [2.05, 4.69) is 0 Å². The minimum atomic E-state index is -0.438. The zero-order chi connectivity index (χ0) is 10.9. The van der Waals surface area contributed by atoms with Crippen LogP contribution in [0, 0.1) is 5.41 Å². The van der Waals surface area contributed by atoms with Gasteiger partial charge in [0.25, 0.3) is 0 Å². The molecule has 1 aromatic rings. The van der Waals surface area contributed by atoms with Gasteiger partial charge in [0, 0.05) is 0 Å². The van der Waals surface area contributed by atoms with Crippen molar-refractivity contribution in [2.24, 2.45) is 5.41 Å². The number of benzene rings is 1. The van der Waals surface area contributed by atoms with E-state index >= 15 is 0 Å². The summed E-state index contributed by atoms with van der Waals surface area (Å²) in [5.74, 6) is -0.952. The molecular weight excluding hydrogens is 180 g/mol. The number of hydrogen-bond donors (Lipinski definition) is 3. The second-order valence-electron chi connectivity index (χ2n) is 4.68. The Morgan fingerprint density at radius 3 is 2.07 bits per heavy atom. The molecule has 0 aliphatic heterocycles. The highest BCUT2D eigenvalue weighted by Crippen LogP contribution is 2.39. The van der Waals surface area contributed by atoms with Crippen molar-refractivity contribution in [3.05, 3.63) is 17.7 Å². The summed E-state index contributed by atoms with van der Waals surface area (Å²) in [6.07, 6.45) is 0.646. The summed E-state index contributed by atoms with van der Waals surface area (Å²) in [5, 5.41) is 27.9. The summed E-state index contributed by atoms with van der Waals surface area (Å²) < 4.78 is 0. The van der Waals surface area contributed by atoms with E-state index in [4.69, 9.17) is 5.11 Å². The van der Waals surface area contributed by atoms with Gasteiger partial charge in [-0.3, -0.25) is 0 Å². The first kappa shape index (κ1) is 10.7. The maximum Gasteiger partial charge on any atom is 0.200 e. The zero-order valence-corrected chi connectivity index (χ0v) is 8.70. The molecule has 0 radical (unpaired) electrons. The number of phenols is 3. The van der Waals surface area contributed by atoms with Crippen LogP contribution in [0.2, 0.25) is 0 Å². The van der Waals surface area contributed by atoms with Gasteiger partial charge in [-0.1, -0.05) is 26.8 Å². The predicted octanol–water partition coefficient (Wildman–Crippen LogP) is 2.39. The van der Waals surface area contributed by atoms with Gasteiger partial charge in [0.2, 0.25) is 5.75 Å². The van der Waals surface area contributed by atoms with Crippen molar-refractivity contribution >= 4 is 0 Å². The van der Waals surface area contributed by atoms with Gasteiger partial charge in [-0.25, -0.2) is 0 Å². The van der Waals surface area contributed by atoms with Crippen molar-refractivity contribution in [2.75, 3.05) is 0 Å². The topological polar surface area (TPSA) is 60.7 Å². The van der Waals surface area contributed by atoms with Crippen molar-refractivity contribution in [2.45, 2.75) is 27.2 Å². The molecule has 14 heavy (non-hydrogen) atoms. The number of aromatic hydroxyl groups is 3. The highest BCUT2D eigenvalue weighted by atomic mass is 16.3. The Kier molecular flexibility index (Phi) is 2.60. The second-order valence-corrected chi connectivity index (χ2v) is 4.68. The van der Waals surface area contributed by atoms with E-state index in [9.17, 15) is 10.2 Å². The van der Waals surface area contributed by atoms with Crippen LogP contribution in [0.1, 0.15) is 26.3 Å². The molecule has 0 saturated carbocycles. The summed E-state index contributed by atoms with van der Waals surface area (Å²) in [6.45, 7) is 6.11. The van der Waals surface area contributed by atoms with Gasteiger partial charge in [-0.2, -0.15) is 0 Å². The van der Waals surface area contributed by atoms with Gasteiger partial charge in [0.05, 0.1) is 0 Å². The number of phenolic OH excluding ortho intramolecular Hbond substituents is 3. The van der Waals surface area contributed by atoms with Crippen molar-refractivity contribution in [3.63, 3.8) is 0 Å². The Hall–Kier alpha value is -1.38. The molecule has 0 aliphatic rings. The fourth-order valence-corrected chi connectivity index (χ4v) is 1.32. The molecule has 0 atom stereocenters. The summed E-state index contributed by atoms with van der Waals surface area (Å²) in [4.78, 5) is 0. The molecule has 0 saturated heterocycles. The van der Waals surface area contributed by atoms with Crippen molar-refractivity contribution < 1.29 is 15.3 Å². The molecule has 0 heterocycles. The molecule has 0 bridgehead atoms. The van der Waals surface area contributed by atoms with Crippen molar-refractivity contribution in [1.82, 2.24) is 0 Å². The van der Waals surface area contributed by atoms with E-state index in [1.54, 1.807) is 6.07 Å². The van der Waals surface area contributed by atoms with E-state index < -0.39 is 5.75 Å². The van der Waals surface area contributed by atoms with E-state index in [0.717, 1.165) is 0 Å². The molecular formula is C11H16O3. The Morgan fingerprint density at radius 2 is 1.57 bits per heavy atom. The number of hydrogen-bond acceptors (Lipinski definition) is 3. The standard InChI is InChI=1S/C11H16O3/c1-11(2,3)6-7-4-5-8(12)10(14)9(7)13/h4-5,12-14H,6H2,1-3H3. The van der Waals surface area contributed by atoms with Crippen molar-refractivity contribution in [1.29, 1.82) is 0 Å². The zero-order valence-electron chi connectivity index (χ0n) is 8.70. The van der Waals surface area contributed by atoms with Crippen LogP contribution in [0.4, 0.5) is 0 Å². The van der Waals surface area contributed by atoms with Gasteiger partial charge < -0.3 is 15.3 Å². The molecule has 0 unspecified atom stereocenters. The van der Waals surface area contributed by atoms with Crippen LogP contribution in [0.15, 0.2) is 12.1 Å². The summed E-state index contributed by atoms with van der Waals surface area (Å²) in [5.41, 5.74) is 0.675. The first-order chi connectivity index (χ1) is 6.31. The maximum absolute atomic E-state index is 9.53. The molecule has 78 valence electrons. The molecule has 3 nitrogen and oxygen atoms in total. The third-order valence-electron chi connectivity index (χ3n) is 1.93. The van der Waals surface area contributed by atoms with E-state index in [1.165, 1.54) is 6.07 Å². The normalized spacial score (nSPS) is 11.6. The minimum absolute atomic E-state index is 0.0287. The Bertz CT molecular complexity index is 337. The first-order valence-electron chi connectivity index (χ1n) is 4.54. The molecule has 0 amide bonds. The maximum atomic E-state index is 9.53. The molecule has 3 heteroatoms. The average molecular weight is 196 g/mol. The van der Waals surface area contributed by atoms with Gasteiger partial charge in [0.1, 0.15) is 0 Å². The largest absolute Gasteiger partial charge is 0.504 e. The van der Waals surface area contributed by atoms with E-state index in [-0.39, 0.29) is 16.9 Å². The highest BCUT2D eigenvalue weighted by Gasteiger charge is 2.17. The third-order valence-corrected chi connectivity index (χ3v) is 1.93. The lowest BCUT2D eigenvalue weighted by atomic mass is 9.87. The van der Waals surface area contributed by atoms with Crippen LogP contribution in [0.5, 0.6) is 17.2 Å². The predicted molar refractivity (Wildman–Crippen MR) is 54.6 cm³/mol. The van der Waals surface area contributed by atoms with Crippen LogP contribution < -0.4 is 0 Å². The van der Waals surface area contributed by atoms with E-state index in [1.807, 2.05) is 20.8 Å². The molecule has 1 aromatic carbocycles. The van der Waals surface area contributed by atoms with Crippen LogP contribution in [0.3, 0.4) is 0 Å². The lowest BCUT2D eigenvalue weighted by Crippen LogP contribution is -2.09. The van der Waals surface area contributed by atoms with E-state index in [0.29, 0.717) is 12.0 Å². The SMILES string of the molecule is CC(C)(C)Cc1ccc(O)c(O)c1O. The third kappa shape index (κ3) is 2.31. The monoisotopic (exact) mass is 196 g/mol. The second kappa shape index (κ2) is 3.40. The van der Waals surface area contributed by atoms with Gasteiger partial charge >= 0.3 is 0 Å². The van der Waals surface area contributed by atoms with Gasteiger partial charge in [0.15, 0.2) is 11.5 Å². The minimum Gasteiger partial charge on any atom is -0.504 e. The lowest BCUT2D eigenvalue weighted by molar-refractivity contribution is 0.354. The lowest BCUT2D eigenvalue weighted by Gasteiger charge is -2.19. The molecule has 1 rings (SSSR count). The number of rotatable bonds is 1. The van der Waals surface area contributed by atoms with Crippen LogP contribution in [0.25, 0.3) is 0 Å². The molecule has 3 N–H and O–H groups in total. The molecule has 0 spiro atoms. The van der Waals surface area contributed by atoms with Crippen LogP contribution in [-0.4, -0.2) is 15.3 Å².